The first-order chi connectivity index (χ1) is 12.1. The minimum atomic E-state index is -0.351. The van der Waals surface area contributed by atoms with E-state index in [9.17, 15) is 9.59 Å². The van der Waals surface area contributed by atoms with Gasteiger partial charge in [-0.2, -0.15) is 5.10 Å². The van der Waals surface area contributed by atoms with Crippen molar-refractivity contribution in [2.75, 3.05) is 20.2 Å². The highest BCUT2D eigenvalue weighted by atomic mass is 16.5. The molecule has 0 aliphatic rings. The largest absolute Gasteiger partial charge is 0.480 e. The van der Waals surface area contributed by atoms with Gasteiger partial charge in [0.15, 0.2) is 5.82 Å². The number of aromatic nitrogens is 4. The van der Waals surface area contributed by atoms with Gasteiger partial charge in [0.25, 0.3) is 5.91 Å². The van der Waals surface area contributed by atoms with Crippen LogP contribution in [0.2, 0.25) is 0 Å². The predicted molar refractivity (Wildman–Crippen MR) is 90.7 cm³/mol. The van der Waals surface area contributed by atoms with E-state index in [1.807, 2.05) is 13.8 Å². The maximum atomic E-state index is 12.3. The Bertz CT molecular complexity index is 726. The lowest BCUT2D eigenvalue weighted by molar-refractivity contribution is -0.120. The van der Waals surface area contributed by atoms with Gasteiger partial charge in [-0.05, 0) is 18.9 Å². The summed E-state index contributed by atoms with van der Waals surface area (Å²) < 4.78 is 6.54. The molecule has 0 fully saturated rings. The fourth-order valence-electron chi connectivity index (χ4n) is 2.22. The topological polar surface area (TPSA) is 111 Å². The quantitative estimate of drug-likeness (QED) is 0.719. The van der Waals surface area contributed by atoms with E-state index in [0.717, 1.165) is 6.42 Å². The van der Waals surface area contributed by atoms with Crippen molar-refractivity contribution < 1.29 is 14.3 Å². The van der Waals surface area contributed by atoms with Crippen molar-refractivity contribution in [2.45, 2.75) is 26.7 Å². The summed E-state index contributed by atoms with van der Waals surface area (Å²) in [7, 11) is 1.51. The molecule has 0 atom stereocenters. The molecule has 0 radical (unpaired) electrons. The van der Waals surface area contributed by atoms with Gasteiger partial charge < -0.3 is 15.4 Å². The lowest BCUT2D eigenvalue weighted by Crippen LogP contribution is -2.37. The van der Waals surface area contributed by atoms with Crippen LogP contribution < -0.4 is 15.4 Å². The molecule has 0 bridgehead atoms. The summed E-state index contributed by atoms with van der Waals surface area (Å²) >= 11 is 0. The van der Waals surface area contributed by atoms with E-state index in [4.69, 9.17) is 4.74 Å². The van der Waals surface area contributed by atoms with Crippen LogP contribution in [0.5, 0.6) is 5.88 Å². The van der Waals surface area contributed by atoms with Gasteiger partial charge in [0, 0.05) is 12.6 Å². The molecule has 2 N–H and O–H groups in total. The number of nitrogens with zero attached hydrogens (tertiary/aromatic N) is 4. The van der Waals surface area contributed by atoms with Crippen molar-refractivity contribution in [3.63, 3.8) is 0 Å². The number of ether oxygens (including phenoxy) is 1. The molecular formula is C16H22N6O3. The van der Waals surface area contributed by atoms with E-state index >= 15 is 0 Å². The minimum absolute atomic E-state index is 0.0739. The average Bonchev–Trinajstić information content (AvgIpc) is 3.08. The Morgan fingerprint density at radius 3 is 2.60 bits per heavy atom. The van der Waals surface area contributed by atoms with Gasteiger partial charge in [-0.25, -0.2) is 4.68 Å². The van der Waals surface area contributed by atoms with Gasteiger partial charge in [0.05, 0.1) is 31.1 Å². The van der Waals surface area contributed by atoms with Crippen LogP contribution in [0.3, 0.4) is 0 Å². The van der Waals surface area contributed by atoms with Crippen molar-refractivity contribution in [3.05, 3.63) is 29.6 Å². The van der Waals surface area contributed by atoms with Gasteiger partial charge >= 0.3 is 0 Å². The molecule has 0 saturated carbocycles. The van der Waals surface area contributed by atoms with Crippen LogP contribution >= 0.6 is 0 Å². The molecule has 0 aliphatic heterocycles. The SMILES string of the molecule is CCCNC(=O)CNC(=O)c1cnn(-c2ccc(OC)nn2)c1CC. The summed E-state index contributed by atoms with van der Waals surface area (Å²) in [4.78, 5) is 23.9. The predicted octanol–water partition coefficient (Wildman–Crippen LogP) is 0.489. The third-order valence-electron chi connectivity index (χ3n) is 3.48. The van der Waals surface area contributed by atoms with Crippen molar-refractivity contribution in [1.82, 2.24) is 30.6 Å². The van der Waals surface area contributed by atoms with Crippen molar-refractivity contribution in [3.8, 4) is 11.7 Å². The molecule has 2 aromatic rings. The lowest BCUT2D eigenvalue weighted by atomic mass is 10.2. The minimum Gasteiger partial charge on any atom is -0.480 e. The van der Waals surface area contributed by atoms with E-state index in [0.29, 0.717) is 35.9 Å². The van der Waals surface area contributed by atoms with Gasteiger partial charge in [-0.3, -0.25) is 9.59 Å². The molecule has 0 aromatic carbocycles. The van der Waals surface area contributed by atoms with Crippen LogP contribution in [-0.4, -0.2) is 52.0 Å². The zero-order valence-corrected chi connectivity index (χ0v) is 14.6. The zero-order chi connectivity index (χ0) is 18.2. The van der Waals surface area contributed by atoms with Gasteiger partial charge in [-0.1, -0.05) is 13.8 Å². The number of hydrogen-bond acceptors (Lipinski definition) is 6. The number of amides is 2. The summed E-state index contributed by atoms with van der Waals surface area (Å²) in [5.41, 5.74) is 1.09. The Balaban J connectivity index is 2.12. The van der Waals surface area contributed by atoms with Crippen molar-refractivity contribution in [1.29, 1.82) is 0 Å². The lowest BCUT2D eigenvalue weighted by Gasteiger charge is -2.08. The van der Waals surface area contributed by atoms with Crippen molar-refractivity contribution in [2.24, 2.45) is 0 Å². The first-order valence-corrected chi connectivity index (χ1v) is 8.10. The molecule has 2 aromatic heterocycles. The third kappa shape index (κ3) is 4.52. The highest BCUT2D eigenvalue weighted by molar-refractivity contribution is 5.97. The van der Waals surface area contributed by atoms with Gasteiger partial charge in [0.1, 0.15) is 0 Å². The summed E-state index contributed by atoms with van der Waals surface area (Å²) in [6.45, 7) is 4.39. The van der Waals surface area contributed by atoms with E-state index in [1.54, 1.807) is 16.8 Å². The Morgan fingerprint density at radius 1 is 1.20 bits per heavy atom. The molecule has 2 amide bonds. The van der Waals surface area contributed by atoms with Gasteiger partial charge in [-0.15, -0.1) is 10.2 Å². The highest BCUT2D eigenvalue weighted by Gasteiger charge is 2.18. The molecule has 0 aliphatic carbocycles. The summed E-state index contributed by atoms with van der Waals surface area (Å²) in [6.07, 6.45) is 2.87. The van der Waals surface area contributed by atoms with Crippen LogP contribution in [0.15, 0.2) is 18.3 Å². The summed E-state index contributed by atoms with van der Waals surface area (Å²) in [5, 5.41) is 17.5. The average molecular weight is 346 g/mol. The van der Waals surface area contributed by atoms with Crippen molar-refractivity contribution >= 4 is 11.8 Å². The van der Waals surface area contributed by atoms with Gasteiger partial charge in [0.2, 0.25) is 11.8 Å². The fraction of sp³-hybridized carbons (Fsp3) is 0.438. The maximum absolute atomic E-state index is 12.3. The second-order valence-corrected chi connectivity index (χ2v) is 5.24. The maximum Gasteiger partial charge on any atom is 0.255 e. The van der Waals surface area contributed by atoms with Crippen LogP contribution in [0.25, 0.3) is 5.82 Å². The molecule has 0 spiro atoms. The normalized spacial score (nSPS) is 10.4. The molecule has 2 rings (SSSR count). The Labute approximate surface area is 145 Å². The molecule has 0 unspecified atom stereocenters. The molecule has 0 saturated heterocycles. The zero-order valence-electron chi connectivity index (χ0n) is 14.6. The summed E-state index contributed by atoms with van der Waals surface area (Å²) in [6, 6.07) is 3.37. The number of rotatable bonds is 8. The molecule has 25 heavy (non-hydrogen) atoms. The Kier molecular flexibility index (Phi) is 6.44. The smallest absolute Gasteiger partial charge is 0.255 e. The van der Waals surface area contributed by atoms with E-state index in [2.05, 4.69) is 25.9 Å². The van der Waals surface area contributed by atoms with Crippen LogP contribution in [0.1, 0.15) is 36.3 Å². The standard InChI is InChI=1S/C16H22N6O3/c1-4-8-17-14(23)10-18-16(24)11-9-19-22(12(11)5-2)13-6-7-15(25-3)21-20-13/h6-7,9H,4-5,8,10H2,1-3H3,(H,17,23)(H,18,24). The second-order valence-electron chi connectivity index (χ2n) is 5.24. The number of carbonyl (C=O) groups is 2. The van der Waals surface area contributed by atoms with Crippen LogP contribution in [0, 0.1) is 0 Å². The third-order valence-corrected chi connectivity index (χ3v) is 3.48. The molecule has 9 heteroatoms. The molecule has 9 nitrogen and oxygen atoms in total. The Hall–Kier alpha value is -2.97. The first kappa shape index (κ1) is 18.4. The van der Waals surface area contributed by atoms with E-state index in [1.165, 1.54) is 13.3 Å². The first-order valence-electron chi connectivity index (χ1n) is 8.10. The molecule has 2 heterocycles. The number of carbonyl (C=O) groups excluding carboxylic acids is 2. The van der Waals surface area contributed by atoms with E-state index in [-0.39, 0.29) is 18.4 Å². The van der Waals surface area contributed by atoms with Crippen LogP contribution in [-0.2, 0) is 11.2 Å². The number of hydrogen-bond donors (Lipinski definition) is 2. The number of nitrogens with one attached hydrogen (secondary N) is 2. The monoisotopic (exact) mass is 346 g/mol. The second kappa shape index (κ2) is 8.76. The molecule has 134 valence electrons. The fourth-order valence-corrected chi connectivity index (χ4v) is 2.22. The Morgan fingerprint density at radius 2 is 2.00 bits per heavy atom. The van der Waals surface area contributed by atoms with E-state index < -0.39 is 0 Å². The number of methoxy groups -OCH3 is 1. The van der Waals surface area contributed by atoms with Crippen LogP contribution in [0.4, 0.5) is 0 Å². The summed E-state index contributed by atoms with van der Waals surface area (Å²) in [5.74, 6) is 0.306. The molecular weight excluding hydrogens is 324 g/mol. The highest BCUT2D eigenvalue weighted by Crippen LogP contribution is 2.15.